The Hall–Kier alpha value is -2.72. The predicted molar refractivity (Wildman–Crippen MR) is 168 cm³/mol. The standard InChI is InChI=1S/C30H35Cl2N3O4S2/c1-20-10-12-22(13-11-20)35(41(38,39)24-16-14-23(40-6)15-17-24)19-28(36)34(21(2)29(37)33-30(3,4)5)18-25-26(31)8-7-9-27(25)32/h7-17,21H,18-19H2,1-6H3,(H,33,37)/t21-/m0/s1. The molecule has 3 rings (SSSR count). The maximum Gasteiger partial charge on any atom is 0.264 e. The fourth-order valence-electron chi connectivity index (χ4n) is 4.03. The Labute approximate surface area is 257 Å². The van der Waals surface area contributed by atoms with Gasteiger partial charge >= 0.3 is 0 Å². The molecule has 41 heavy (non-hydrogen) atoms. The molecule has 0 saturated heterocycles. The quantitative estimate of drug-likeness (QED) is 0.255. The smallest absolute Gasteiger partial charge is 0.264 e. The summed E-state index contributed by atoms with van der Waals surface area (Å²) in [7, 11) is -4.16. The van der Waals surface area contributed by atoms with Gasteiger partial charge in [-0.05, 0) is 89.4 Å². The Balaban J connectivity index is 2.07. The molecule has 1 atom stereocenters. The second kappa shape index (κ2) is 13.5. The fraction of sp³-hybridized carbons (Fsp3) is 0.333. The van der Waals surface area contributed by atoms with Crippen molar-refractivity contribution in [3.05, 3.63) is 87.9 Å². The van der Waals surface area contributed by atoms with E-state index in [1.165, 1.54) is 28.8 Å². The second-order valence-corrected chi connectivity index (χ2v) is 14.2. The van der Waals surface area contributed by atoms with E-state index in [0.717, 1.165) is 14.8 Å². The molecule has 2 amide bonds. The first kappa shape index (κ1) is 32.8. The van der Waals surface area contributed by atoms with Crippen LogP contribution in [-0.4, -0.2) is 49.5 Å². The van der Waals surface area contributed by atoms with E-state index in [9.17, 15) is 18.0 Å². The Morgan fingerprint density at radius 2 is 1.51 bits per heavy atom. The minimum atomic E-state index is -4.16. The molecule has 0 aromatic heterocycles. The van der Waals surface area contributed by atoms with E-state index in [1.807, 2.05) is 34.0 Å². The van der Waals surface area contributed by atoms with Crippen molar-refractivity contribution in [3.8, 4) is 0 Å². The number of nitrogens with one attached hydrogen (secondary N) is 1. The number of halogens is 2. The molecule has 11 heteroatoms. The van der Waals surface area contributed by atoms with Crippen molar-refractivity contribution in [2.45, 2.75) is 62.5 Å². The summed E-state index contributed by atoms with van der Waals surface area (Å²) < 4.78 is 29.0. The van der Waals surface area contributed by atoms with Crippen molar-refractivity contribution in [3.63, 3.8) is 0 Å². The number of benzene rings is 3. The molecule has 0 unspecified atom stereocenters. The Kier molecular flexibility index (Phi) is 10.8. The molecule has 0 aliphatic carbocycles. The zero-order chi connectivity index (χ0) is 30.5. The van der Waals surface area contributed by atoms with E-state index in [0.29, 0.717) is 21.3 Å². The first-order valence-corrected chi connectivity index (χ1v) is 16.3. The number of hydrogen-bond acceptors (Lipinski definition) is 5. The van der Waals surface area contributed by atoms with Gasteiger partial charge in [-0.25, -0.2) is 8.42 Å². The van der Waals surface area contributed by atoms with Crippen LogP contribution in [0.1, 0.15) is 38.8 Å². The number of anilines is 1. The molecule has 0 radical (unpaired) electrons. The molecule has 0 fully saturated rings. The number of amides is 2. The maximum atomic E-state index is 14.1. The largest absolute Gasteiger partial charge is 0.350 e. The van der Waals surface area contributed by atoms with Crippen molar-refractivity contribution < 1.29 is 18.0 Å². The number of aryl methyl sites for hydroxylation is 1. The van der Waals surface area contributed by atoms with E-state index in [-0.39, 0.29) is 11.4 Å². The van der Waals surface area contributed by atoms with Gasteiger partial charge in [0.25, 0.3) is 10.0 Å². The predicted octanol–water partition coefficient (Wildman–Crippen LogP) is 6.55. The Morgan fingerprint density at radius 1 is 0.951 bits per heavy atom. The number of carbonyl (C=O) groups is 2. The average molecular weight is 637 g/mol. The fourth-order valence-corrected chi connectivity index (χ4v) is 6.36. The Bertz CT molecular complexity index is 1470. The zero-order valence-corrected chi connectivity index (χ0v) is 27.1. The summed E-state index contributed by atoms with van der Waals surface area (Å²) in [5.74, 6) is -0.992. The molecule has 1 N–H and O–H groups in total. The highest BCUT2D eigenvalue weighted by molar-refractivity contribution is 7.98. The third kappa shape index (κ3) is 8.41. The van der Waals surface area contributed by atoms with Crippen LogP contribution in [0, 0.1) is 6.92 Å². The molecular formula is C30H35Cl2N3O4S2. The third-order valence-electron chi connectivity index (χ3n) is 6.30. The molecule has 0 aliphatic heterocycles. The summed E-state index contributed by atoms with van der Waals surface area (Å²) in [5.41, 5.74) is 1.16. The summed E-state index contributed by atoms with van der Waals surface area (Å²) >= 11 is 14.4. The summed E-state index contributed by atoms with van der Waals surface area (Å²) in [5, 5.41) is 3.55. The molecule has 3 aromatic rings. The highest BCUT2D eigenvalue weighted by Crippen LogP contribution is 2.29. The minimum absolute atomic E-state index is 0.0443. The lowest BCUT2D eigenvalue weighted by molar-refractivity contribution is -0.140. The monoisotopic (exact) mass is 635 g/mol. The molecule has 0 aliphatic rings. The molecule has 0 spiro atoms. The first-order valence-electron chi connectivity index (χ1n) is 12.9. The van der Waals surface area contributed by atoms with Crippen molar-refractivity contribution in [1.82, 2.24) is 10.2 Å². The van der Waals surface area contributed by atoms with Crippen LogP contribution >= 0.6 is 35.0 Å². The second-order valence-electron chi connectivity index (χ2n) is 10.7. The van der Waals surface area contributed by atoms with Crippen LogP contribution in [0.15, 0.2) is 76.5 Å². The number of thioether (sulfide) groups is 1. The summed E-state index contributed by atoms with van der Waals surface area (Å²) in [6.07, 6.45) is 1.90. The van der Waals surface area contributed by atoms with Crippen LogP contribution in [-0.2, 0) is 26.2 Å². The summed E-state index contributed by atoms with van der Waals surface area (Å²) in [6, 6.07) is 17.4. The maximum absolute atomic E-state index is 14.1. The SMILES string of the molecule is CSc1ccc(S(=O)(=O)N(CC(=O)N(Cc2c(Cl)cccc2Cl)[C@@H](C)C(=O)NC(C)(C)C)c2ccc(C)cc2)cc1. The van der Waals surface area contributed by atoms with Gasteiger partial charge in [0.1, 0.15) is 12.6 Å². The zero-order valence-electron chi connectivity index (χ0n) is 23.9. The molecule has 3 aromatic carbocycles. The van der Waals surface area contributed by atoms with Gasteiger partial charge in [0.05, 0.1) is 10.6 Å². The molecule has 220 valence electrons. The molecule has 0 bridgehead atoms. The van der Waals surface area contributed by atoms with E-state index in [2.05, 4.69) is 5.32 Å². The van der Waals surface area contributed by atoms with Crippen LogP contribution in [0.2, 0.25) is 10.0 Å². The van der Waals surface area contributed by atoms with Gasteiger partial charge < -0.3 is 10.2 Å². The van der Waals surface area contributed by atoms with Crippen molar-refractivity contribution in [2.24, 2.45) is 0 Å². The number of carbonyl (C=O) groups excluding carboxylic acids is 2. The highest BCUT2D eigenvalue weighted by atomic mass is 35.5. The van der Waals surface area contributed by atoms with E-state index in [1.54, 1.807) is 61.5 Å². The van der Waals surface area contributed by atoms with Crippen LogP contribution in [0.3, 0.4) is 0 Å². The van der Waals surface area contributed by atoms with Crippen molar-refractivity contribution in [1.29, 1.82) is 0 Å². The van der Waals surface area contributed by atoms with Crippen molar-refractivity contribution in [2.75, 3.05) is 17.1 Å². The van der Waals surface area contributed by atoms with Crippen LogP contribution in [0.5, 0.6) is 0 Å². The number of rotatable bonds is 10. The topological polar surface area (TPSA) is 86.8 Å². The molecular weight excluding hydrogens is 601 g/mol. The van der Waals surface area contributed by atoms with Gasteiger partial charge in [-0.1, -0.05) is 47.0 Å². The lowest BCUT2D eigenvalue weighted by Gasteiger charge is -2.34. The van der Waals surface area contributed by atoms with Gasteiger partial charge in [-0.3, -0.25) is 13.9 Å². The Morgan fingerprint density at radius 3 is 2.02 bits per heavy atom. The van der Waals surface area contributed by atoms with Crippen LogP contribution < -0.4 is 9.62 Å². The normalized spacial score (nSPS) is 12.5. The lowest BCUT2D eigenvalue weighted by atomic mass is 10.1. The summed E-state index contributed by atoms with van der Waals surface area (Å²) in [4.78, 5) is 29.6. The van der Waals surface area contributed by atoms with Crippen molar-refractivity contribution >= 4 is 62.5 Å². The van der Waals surface area contributed by atoms with E-state index < -0.39 is 40.0 Å². The first-order chi connectivity index (χ1) is 19.1. The summed E-state index contributed by atoms with van der Waals surface area (Å²) in [6.45, 7) is 8.34. The van der Waals surface area contributed by atoms with E-state index >= 15 is 0 Å². The highest BCUT2D eigenvalue weighted by Gasteiger charge is 2.34. The molecule has 0 saturated carbocycles. The van der Waals surface area contributed by atoms with Gasteiger partial charge in [0, 0.05) is 32.6 Å². The van der Waals surface area contributed by atoms with E-state index in [4.69, 9.17) is 23.2 Å². The number of hydrogen-bond donors (Lipinski definition) is 1. The van der Waals surface area contributed by atoms with Gasteiger partial charge in [0.2, 0.25) is 11.8 Å². The molecule has 7 nitrogen and oxygen atoms in total. The minimum Gasteiger partial charge on any atom is -0.350 e. The third-order valence-corrected chi connectivity index (χ3v) is 9.54. The lowest BCUT2D eigenvalue weighted by Crippen LogP contribution is -2.54. The average Bonchev–Trinajstić information content (AvgIpc) is 2.90. The number of nitrogens with zero attached hydrogens (tertiary/aromatic N) is 2. The molecule has 0 heterocycles. The van der Waals surface area contributed by atoms with Crippen LogP contribution in [0.25, 0.3) is 0 Å². The number of sulfonamides is 1. The van der Waals surface area contributed by atoms with Crippen LogP contribution in [0.4, 0.5) is 5.69 Å². The van der Waals surface area contributed by atoms with Gasteiger partial charge in [-0.15, -0.1) is 11.8 Å². The van der Waals surface area contributed by atoms with Gasteiger partial charge in [0.15, 0.2) is 0 Å². The van der Waals surface area contributed by atoms with Gasteiger partial charge in [-0.2, -0.15) is 0 Å².